The maximum atomic E-state index is 11.9. The van der Waals surface area contributed by atoms with Gasteiger partial charge in [0.15, 0.2) is 0 Å². The summed E-state index contributed by atoms with van der Waals surface area (Å²) in [7, 11) is 1.67. The van der Waals surface area contributed by atoms with Crippen molar-refractivity contribution < 1.29 is 9.53 Å². The number of carbonyl (C=O) groups is 1. The Kier molecular flexibility index (Phi) is 8.45. The van der Waals surface area contributed by atoms with Gasteiger partial charge in [0.05, 0.1) is 12.9 Å². The second-order valence-corrected chi connectivity index (χ2v) is 7.32. The summed E-state index contributed by atoms with van der Waals surface area (Å²) in [6, 6.07) is 13.4. The smallest absolute Gasteiger partial charge is 0.230 e. The first kappa shape index (κ1) is 20.0. The van der Waals surface area contributed by atoms with Gasteiger partial charge in [0, 0.05) is 22.3 Å². The molecule has 0 saturated carbocycles. The molecule has 1 N–H and O–H groups in total. The van der Waals surface area contributed by atoms with E-state index >= 15 is 0 Å². The van der Waals surface area contributed by atoms with Gasteiger partial charge in [-0.3, -0.25) is 4.79 Å². The van der Waals surface area contributed by atoms with Gasteiger partial charge in [0.1, 0.15) is 5.75 Å². The fraction of sp³-hybridized carbons (Fsp3) is 0.316. The molecule has 0 aliphatic heterocycles. The number of hydrogen-bond acceptors (Lipinski definition) is 3. The molecule has 0 aromatic heterocycles. The van der Waals surface area contributed by atoms with E-state index in [1.165, 1.54) is 11.8 Å². The number of thioether (sulfide) groups is 1. The quantitative estimate of drug-likeness (QED) is 0.605. The van der Waals surface area contributed by atoms with Crippen molar-refractivity contribution in [3.8, 4) is 5.75 Å². The molecule has 0 aliphatic rings. The normalized spacial score (nSPS) is 10.5. The van der Waals surface area contributed by atoms with Gasteiger partial charge in [-0.1, -0.05) is 47.5 Å². The predicted octanol–water partition coefficient (Wildman–Crippen LogP) is 4.98. The van der Waals surface area contributed by atoms with E-state index in [0.29, 0.717) is 28.1 Å². The summed E-state index contributed by atoms with van der Waals surface area (Å²) in [5.74, 6) is 2.03. The van der Waals surface area contributed by atoms with E-state index in [1.807, 2.05) is 30.3 Å². The van der Waals surface area contributed by atoms with Crippen molar-refractivity contribution in [2.24, 2.45) is 0 Å². The number of halogens is 2. The zero-order chi connectivity index (χ0) is 18.1. The number of amides is 1. The van der Waals surface area contributed by atoms with Gasteiger partial charge in [-0.05, 0) is 42.2 Å². The van der Waals surface area contributed by atoms with E-state index in [1.54, 1.807) is 19.2 Å². The molecule has 0 unspecified atom stereocenters. The molecule has 6 heteroatoms. The summed E-state index contributed by atoms with van der Waals surface area (Å²) in [6.45, 7) is 0.652. The Labute approximate surface area is 163 Å². The highest BCUT2D eigenvalue weighted by Crippen LogP contribution is 2.24. The van der Waals surface area contributed by atoms with Gasteiger partial charge in [0.2, 0.25) is 5.91 Å². The number of ether oxygens (including phenoxy) is 1. The minimum absolute atomic E-state index is 0.0371. The summed E-state index contributed by atoms with van der Waals surface area (Å²) < 4.78 is 5.33. The maximum absolute atomic E-state index is 11.9. The topological polar surface area (TPSA) is 38.3 Å². The first-order valence-electron chi connectivity index (χ1n) is 8.00. The first-order valence-corrected chi connectivity index (χ1v) is 9.91. The average Bonchev–Trinajstić information content (AvgIpc) is 2.61. The number of aryl methyl sites for hydroxylation is 1. The molecule has 0 aliphatic carbocycles. The Balaban J connectivity index is 1.64. The highest BCUT2D eigenvalue weighted by Gasteiger charge is 2.06. The lowest BCUT2D eigenvalue weighted by atomic mass is 10.1. The van der Waals surface area contributed by atoms with Gasteiger partial charge >= 0.3 is 0 Å². The fourth-order valence-corrected chi connectivity index (χ4v) is 3.78. The molecule has 0 saturated heterocycles. The van der Waals surface area contributed by atoms with Gasteiger partial charge in [-0.2, -0.15) is 0 Å². The molecule has 25 heavy (non-hydrogen) atoms. The Morgan fingerprint density at radius 1 is 1.16 bits per heavy atom. The Morgan fingerprint density at radius 3 is 2.72 bits per heavy atom. The minimum atomic E-state index is 0.0371. The molecule has 0 spiro atoms. The largest absolute Gasteiger partial charge is 0.496 e. The molecule has 3 nitrogen and oxygen atoms in total. The molecule has 0 radical (unpaired) electrons. The monoisotopic (exact) mass is 397 g/mol. The molecule has 0 heterocycles. The van der Waals surface area contributed by atoms with E-state index in [0.717, 1.165) is 29.7 Å². The van der Waals surface area contributed by atoms with Crippen molar-refractivity contribution in [1.82, 2.24) is 5.32 Å². The van der Waals surface area contributed by atoms with Crippen LogP contribution < -0.4 is 10.1 Å². The lowest BCUT2D eigenvalue weighted by molar-refractivity contribution is -0.118. The second kappa shape index (κ2) is 10.6. The number of carbonyl (C=O) groups excluding carboxylic acids is 1. The molecule has 1 amide bonds. The summed E-state index contributed by atoms with van der Waals surface area (Å²) in [5, 5.41) is 4.20. The molecule has 0 bridgehead atoms. The van der Waals surface area contributed by atoms with E-state index in [9.17, 15) is 4.79 Å². The van der Waals surface area contributed by atoms with Crippen LogP contribution in [-0.4, -0.2) is 25.3 Å². The maximum Gasteiger partial charge on any atom is 0.230 e. The highest BCUT2D eigenvalue weighted by atomic mass is 35.5. The number of para-hydroxylation sites is 1. The summed E-state index contributed by atoms with van der Waals surface area (Å²) >= 11 is 13.5. The lowest BCUT2D eigenvalue weighted by Gasteiger charge is -2.09. The van der Waals surface area contributed by atoms with Gasteiger partial charge in [-0.25, -0.2) is 0 Å². The summed E-state index contributed by atoms with van der Waals surface area (Å²) in [4.78, 5) is 11.9. The molecule has 2 aromatic rings. The van der Waals surface area contributed by atoms with E-state index in [4.69, 9.17) is 27.9 Å². The average molecular weight is 398 g/mol. The van der Waals surface area contributed by atoms with Crippen molar-refractivity contribution in [3.63, 3.8) is 0 Å². The number of nitrogens with one attached hydrogen (secondary N) is 1. The number of hydrogen-bond donors (Lipinski definition) is 1. The third-order valence-corrected chi connectivity index (χ3v) is 5.21. The van der Waals surface area contributed by atoms with Crippen LogP contribution in [0.4, 0.5) is 0 Å². The van der Waals surface area contributed by atoms with Crippen molar-refractivity contribution in [1.29, 1.82) is 0 Å². The fourth-order valence-electron chi connectivity index (χ4n) is 2.36. The Morgan fingerprint density at radius 2 is 1.96 bits per heavy atom. The summed E-state index contributed by atoms with van der Waals surface area (Å²) in [5.41, 5.74) is 2.14. The number of benzene rings is 2. The number of rotatable bonds is 9. The van der Waals surface area contributed by atoms with Crippen molar-refractivity contribution >= 4 is 40.9 Å². The van der Waals surface area contributed by atoms with Gasteiger partial charge in [0.25, 0.3) is 0 Å². The first-order chi connectivity index (χ1) is 12.1. The third kappa shape index (κ3) is 6.81. The predicted molar refractivity (Wildman–Crippen MR) is 107 cm³/mol. The molecule has 2 rings (SSSR count). The Bertz CT molecular complexity index is 710. The lowest BCUT2D eigenvalue weighted by Crippen LogP contribution is -2.26. The van der Waals surface area contributed by atoms with E-state index in [-0.39, 0.29) is 5.91 Å². The van der Waals surface area contributed by atoms with Crippen LogP contribution in [0, 0.1) is 0 Å². The SMILES string of the molecule is COc1ccccc1CCCNC(=O)CSCc1ccc(Cl)cc1Cl. The van der Waals surface area contributed by atoms with Crippen LogP contribution in [0.25, 0.3) is 0 Å². The van der Waals surface area contributed by atoms with Crippen molar-refractivity contribution in [2.45, 2.75) is 18.6 Å². The van der Waals surface area contributed by atoms with E-state index in [2.05, 4.69) is 5.32 Å². The van der Waals surface area contributed by atoms with Crippen LogP contribution in [0.3, 0.4) is 0 Å². The van der Waals surface area contributed by atoms with Crippen LogP contribution in [0.1, 0.15) is 17.5 Å². The second-order valence-electron chi connectivity index (χ2n) is 5.49. The molecular weight excluding hydrogens is 377 g/mol. The number of methoxy groups -OCH3 is 1. The molecule has 0 atom stereocenters. The molecular formula is C19H21Cl2NO2S. The Hall–Kier alpha value is -1.36. The molecule has 2 aromatic carbocycles. The van der Waals surface area contributed by atoms with Crippen molar-refractivity contribution in [3.05, 3.63) is 63.6 Å². The summed E-state index contributed by atoms with van der Waals surface area (Å²) in [6.07, 6.45) is 1.75. The molecule has 0 fully saturated rings. The van der Waals surface area contributed by atoms with Crippen LogP contribution in [0.5, 0.6) is 5.75 Å². The van der Waals surface area contributed by atoms with Gasteiger partial charge in [-0.15, -0.1) is 11.8 Å². The van der Waals surface area contributed by atoms with Crippen LogP contribution in [0.15, 0.2) is 42.5 Å². The molecule has 134 valence electrons. The van der Waals surface area contributed by atoms with Crippen molar-refractivity contribution in [2.75, 3.05) is 19.4 Å². The minimum Gasteiger partial charge on any atom is -0.496 e. The zero-order valence-electron chi connectivity index (χ0n) is 14.1. The standard InChI is InChI=1S/C19H21Cl2NO2S/c1-24-18-7-3-2-5-14(18)6-4-10-22-19(23)13-25-12-15-8-9-16(20)11-17(15)21/h2-3,5,7-9,11H,4,6,10,12-13H2,1H3,(H,22,23). The van der Waals surface area contributed by atoms with Crippen LogP contribution >= 0.6 is 35.0 Å². The van der Waals surface area contributed by atoms with Crippen LogP contribution in [-0.2, 0) is 17.0 Å². The third-order valence-electron chi connectivity index (χ3n) is 3.64. The van der Waals surface area contributed by atoms with E-state index < -0.39 is 0 Å². The van der Waals surface area contributed by atoms with Crippen LogP contribution in [0.2, 0.25) is 10.0 Å². The van der Waals surface area contributed by atoms with Gasteiger partial charge < -0.3 is 10.1 Å². The zero-order valence-corrected chi connectivity index (χ0v) is 16.4. The highest BCUT2D eigenvalue weighted by molar-refractivity contribution is 7.99.